The minimum absolute atomic E-state index is 1.19. The van der Waals surface area contributed by atoms with Gasteiger partial charge in [-0.15, -0.1) is 11.3 Å². The van der Waals surface area contributed by atoms with Gasteiger partial charge in [0.25, 0.3) is 0 Å². The van der Waals surface area contributed by atoms with Crippen LogP contribution in [0.25, 0.3) is 63.9 Å². The number of benzene rings is 5. The van der Waals surface area contributed by atoms with Crippen LogP contribution < -0.4 is 0 Å². The second-order valence-electron chi connectivity index (χ2n) is 7.91. The number of hydrogen-bond donors (Lipinski definition) is 1. The molecule has 0 radical (unpaired) electrons. The lowest BCUT2D eigenvalue weighted by Gasteiger charge is -2.03. The number of thiophene rings is 1. The molecule has 1 N–H and O–H groups in total. The molecule has 5 aromatic carbocycles. The first-order valence-corrected chi connectivity index (χ1v) is 12.0. The topological polar surface area (TPSA) is 15.8 Å². The first-order valence-electron chi connectivity index (χ1n) is 11.2. The summed E-state index contributed by atoms with van der Waals surface area (Å²) in [6, 6.07) is 35.3. The van der Waals surface area contributed by atoms with Gasteiger partial charge in [0.15, 0.2) is 0 Å². The molecule has 0 aliphatic rings. The summed E-state index contributed by atoms with van der Waals surface area (Å²) in [5.41, 5.74) is 4.89. The Labute approximate surface area is 190 Å². The Kier molecular flexibility index (Phi) is 4.48. The van der Waals surface area contributed by atoms with Crippen molar-refractivity contribution in [2.24, 2.45) is 0 Å². The third kappa shape index (κ3) is 2.84. The van der Waals surface area contributed by atoms with Crippen LogP contribution in [0.15, 0.2) is 97.1 Å². The van der Waals surface area contributed by atoms with Gasteiger partial charge in [-0.3, -0.25) is 0 Å². The fraction of sp³-hybridized carbons (Fsp3) is 0.0667. The van der Waals surface area contributed by atoms with Crippen molar-refractivity contribution in [2.75, 3.05) is 0 Å². The summed E-state index contributed by atoms with van der Waals surface area (Å²) in [5, 5.41) is 7.91. The molecule has 0 atom stereocenters. The van der Waals surface area contributed by atoms with Crippen LogP contribution in [0.5, 0.6) is 0 Å². The van der Waals surface area contributed by atoms with Gasteiger partial charge in [0.2, 0.25) is 0 Å². The van der Waals surface area contributed by atoms with Crippen LogP contribution >= 0.6 is 11.3 Å². The van der Waals surface area contributed by atoms with Gasteiger partial charge < -0.3 is 4.98 Å². The Morgan fingerprint density at radius 1 is 0.531 bits per heavy atom. The molecule has 0 saturated heterocycles. The number of aromatic amines is 1. The Morgan fingerprint density at radius 3 is 2.19 bits per heavy atom. The maximum absolute atomic E-state index is 3.66. The van der Waals surface area contributed by atoms with E-state index in [2.05, 4.69) is 102 Å². The van der Waals surface area contributed by atoms with E-state index in [4.69, 9.17) is 0 Å². The zero-order valence-corrected chi connectivity index (χ0v) is 19.0. The molecule has 0 spiro atoms. The van der Waals surface area contributed by atoms with E-state index in [1.165, 1.54) is 63.9 Å². The third-order valence-electron chi connectivity index (χ3n) is 6.18. The Bertz CT molecular complexity index is 1740. The van der Waals surface area contributed by atoms with E-state index >= 15 is 0 Å². The van der Waals surface area contributed by atoms with Crippen molar-refractivity contribution in [3.63, 3.8) is 0 Å². The van der Waals surface area contributed by atoms with Crippen molar-refractivity contribution in [2.45, 2.75) is 13.8 Å². The van der Waals surface area contributed by atoms with Crippen molar-refractivity contribution in [1.29, 1.82) is 0 Å². The van der Waals surface area contributed by atoms with Gasteiger partial charge in [0, 0.05) is 42.0 Å². The summed E-state index contributed by atoms with van der Waals surface area (Å²) in [5.74, 6) is 0. The molecule has 0 fully saturated rings. The molecule has 2 aromatic heterocycles. The summed E-state index contributed by atoms with van der Waals surface area (Å²) < 4.78 is 2.70. The number of hydrogen-bond acceptors (Lipinski definition) is 1. The highest BCUT2D eigenvalue weighted by Crippen LogP contribution is 2.40. The quantitative estimate of drug-likeness (QED) is 0.267. The molecule has 7 aromatic rings. The van der Waals surface area contributed by atoms with E-state index < -0.39 is 0 Å². The maximum Gasteiger partial charge on any atom is 0.0471 e. The van der Waals surface area contributed by atoms with Crippen molar-refractivity contribution >= 4 is 64.1 Å². The van der Waals surface area contributed by atoms with Crippen LogP contribution in [-0.4, -0.2) is 4.98 Å². The zero-order chi connectivity index (χ0) is 21.7. The molecule has 0 aliphatic carbocycles. The second-order valence-corrected chi connectivity index (χ2v) is 8.99. The summed E-state index contributed by atoms with van der Waals surface area (Å²) in [4.78, 5) is 3.66. The monoisotopic (exact) mass is 429 g/mol. The lowest BCUT2D eigenvalue weighted by atomic mass is 10.00. The Hall–Kier alpha value is -3.62. The van der Waals surface area contributed by atoms with Crippen LogP contribution in [0.4, 0.5) is 0 Å². The molecular weight excluding hydrogens is 406 g/mol. The highest BCUT2D eigenvalue weighted by Gasteiger charge is 2.12. The first-order chi connectivity index (χ1) is 15.8. The molecule has 7 rings (SSSR count). The van der Waals surface area contributed by atoms with Crippen molar-refractivity contribution in [1.82, 2.24) is 4.98 Å². The van der Waals surface area contributed by atoms with Crippen molar-refractivity contribution < 1.29 is 0 Å². The van der Waals surface area contributed by atoms with E-state index in [1.807, 2.05) is 25.2 Å². The van der Waals surface area contributed by atoms with Crippen molar-refractivity contribution in [3.8, 4) is 11.1 Å². The molecule has 2 heteroatoms. The van der Waals surface area contributed by atoms with Crippen LogP contribution in [0, 0.1) is 0 Å². The normalized spacial score (nSPS) is 11.4. The van der Waals surface area contributed by atoms with Crippen LogP contribution in [-0.2, 0) is 0 Å². The minimum Gasteiger partial charge on any atom is -0.354 e. The van der Waals surface area contributed by atoms with E-state index in [0.29, 0.717) is 0 Å². The van der Waals surface area contributed by atoms with Crippen LogP contribution in [0.2, 0.25) is 0 Å². The summed E-state index contributed by atoms with van der Waals surface area (Å²) in [6.45, 7) is 4.00. The molecule has 154 valence electrons. The van der Waals surface area contributed by atoms with E-state index in [0.717, 1.165) is 0 Å². The summed E-state index contributed by atoms with van der Waals surface area (Å²) in [7, 11) is 0. The molecule has 0 bridgehead atoms. The largest absolute Gasteiger partial charge is 0.354 e. The second kappa shape index (κ2) is 7.51. The number of H-pyrrole nitrogens is 1. The molecule has 2 heterocycles. The average molecular weight is 430 g/mol. The van der Waals surface area contributed by atoms with Gasteiger partial charge >= 0.3 is 0 Å². The lowest BCUT2D eigenvalue weighted by Crippen LogP contribution is -1.77. The summed E-state index contributed by atoms with van der Waals surface area (Å²) in [6.07, 6.45) is 0. The molecule has 32 heavy (non-hydrogen) atoms. The minimum atomic E-state index is 1.19. The molecule has 0 unspecified atom stereocenters. The van der Waals surface area contributed by atoms with E-state index in [-0.39, 0.29) is 0 Å². The SMILES string of the molecule is CC.c1ccc(-c2ccc3[nH]c4cc5c(ccc6sc7ccccc7c65)cc4c3c2)cc1. The van der Waals surface area contributed by atoms with Gasteiger partial charge in [0.1, 0.15) is 0 Å². The average Bonchev–Trinajstić information content (AvgIpc) is 3.42. The smallest absolute Gasteiger partial charge is 0.0471 e. The standard InChI is InChI=1S/C28H17NS.C2H6/c1-2-6-17(7-3-1)18-10-12-24-22(14-18)23-15-19-11-13-27-28(21(19)16-25(23)29-24)20-8-4-5-9-26(20)30-27;1-2/h1-16,29H;1-2H3. The third-order valence-corrected chi connectivity index (χ3v) is 7.32. The Morgan fingerprint density at radius 2 is 1.31 bits per heavy atom. The number of fused-ring (bicyclic) bond motifs is 8. The van der Waals surface area contributed by atoms with Crippen LogP contribution in [0.1, 0.15) is 13.8 Å². The predicted molar refractivity (Wildman–Crippen MR) is 143 cm³/mol. The zero-order valence-electron chi connectivity index (χ0n) is 18.1. The molecule has 0 aliphatic heterocycles. The fourth-order valence-corrected chi connectivity index (χ4v) is 5.88. The molecule has 0 amide bonds. The fourth-order valence-electron chi connectivity index (χ4n) is 4.75. The van der Waals surface area contributed by atoms with Crippen molar-refractivity contribution in [3.05, 3.63) is 97.1 Å². The highest BCUT2D eigenvalue weighted by molar-refractivity contribution is 7.26. The first kappa shape index (κ1) is 19.1. The van der Waals surface area contributed by atoms with Crippen LogP contribution in [0.3, 0.4) is 0 Å². The number of rotatable bonds is 1. The highest BCUT2D eigenvalue weighted by atomic mass is 32.1. The van der Waals surface area contributed by atoms with Gasteiger partial charge in [-0.2, -0.15) is 0 Å². The van der Waals surface area contributed by atoms with Gasteiger partial charge in [-0.25, -0.2) is 0 Å². The van der Waals surface area contributed by atoms with E-state index in [1.54, 1.807) is 0 Å². The molecular formula is C30H23NS. The van der Waals surface area contributed by atoms with Gasteiger partial charge in [0.05, 0.1) is 0 Å². The number of aromatic nitrogens is 1. The predicted octanol–water partition coefficient (Wildman–Crippen LogP) is 9.54. The maximum atomic E-state index is 3.66. The molecule has 0 saturated carbocycles. The van der Waals surface area contributed by atoms with E-state index in [9.17, 15) is 0 Å². The molecule has 1 nitrogen and oxygen atoms in total. The van der Waals surface area contributed by atoms with Gasteiger partial charge in [-0.1, -0.05) is 74.5 Å². The summed E-state index contributed by atoms with van der Waals surface area (Å²) >= 11 is 1.88. The number of nitrogens with one attached hydrogen (secondary N) is 1. The van der Waals surface area contributed by atoms with Gasteiger partial charge in [-0.05, 0) is 58.3 Å². The lowest BCUT2D eigenvalue weighted by molar-refractivity contribution is 1.50. The Balaban J connectivity index is 0.000000953.